The van der Waals surface area contributed by atoms with Gasteiger partial charge < -0.3 is 5.11 Å². The highest BCUT2D eigenvalue weighted by atomic mass is 19.4. The molecule has 0 aliphatic carbocycles. The first-order valence-corrected chi connectivity index (χ1v) is 6.16. The van der Waals surface area contributed by atoms with E-state index < -0.39 is 17.7 Å². The normalized spacial score (nSPS) is 11.6. The number of benzene rings is 2. The number of para-hydroxylation sites is 1. The number of alkyl halides is 3. The minimum absolute atomic E-state index is 0.0173. The summed E-state index contributed by atoms with van der Waals surface area (Å²) < 4.78 is 37.7. The first-order chi connectivity index (χ1) is 10.4. The fourth-order valence-corrected chi connectivity index (χ4v) is 1.74. The number of hydrazone groups is 1. The van der Waals surface area contributed by atoms with E-state index in [4.69, 9.17) is 5.11 Å². The van der Waals surface area contributed by atoms with E-state index in [1.54, 1.807) is 12.1 Å². The summed E-state index contributed by atoms with van der Waals surface area (Å²) in [4.78, 5) is 11.0. The van der Waals surface area contributed by atoms with Crippen molar-refractivity contribution in [3.8, 4) is 0 Å². The standard InChI is InChI=1S/C15H11F3N2O2/c16-15(17,18)11-5-3-4-10(8-11)9-19-20-13-7-2-1-6-12(13)14(21)22/h1-9,20H,(H,21,22)/b19-9-. The average Bonchev–Trinajstić information content (AvgIpc) is 2.47. The first-order valence-electron chi connectivity index (χ1n) is 6.16. The van der Waals surface area contributed by atoms with Gasteiger partial charge >= 0.3 is 12.1 Å². The van der Waals surface area contributed by atoms with Crippen molar-refractivity contribution < 1.29 is 23.1 Å². The van der Waals surface area contributed by atoms with E-state index in [0.29, 0.717) is 0 Å². The van der Waals surface area contributed by atoms with Crippen molar-refractivity contribution in [1.29, 1.82) is 0 Å². The van der Waals surface area contributed by atoms with E-state index in [-0.39, 0.29) is 16.8 Å². The molecule has 0 aliphatic heterocycles. The van der Waals surface area contributed by atoms with Crippen LogP contribution in [-0.2, 0) is 6.18 Å². The Morgan fingerprint density at radius 2 is 1.86 bits per heavy atom. The second kappa shape index (κ2) is 6.30. The molecule has 0 saturated carbocycles. The van der Waals surface area contributed by atoms with E-state index in [0.717, 1.165) is 12.1 Å². The monoisotopic (exact) mass is 308 g/mol. The highest BCUT2D eigenvalue weighted by molar-refractivity contribution is 5.94. The van der Waals surface area contributed by atoms with E-state index in [9.17, 15) is 18.0 Å². The van der Waals surface area contributed by atoms with Crippen LogP contribution in [0.1, 0.15) is 21.5 Å². The van der Waals surface area contributed by atoms with Crippen LogP contribution < -0.4 is 5.43 Å². The van der Waals surface area contributed by atoms with Crippen molar-refractivity contribution in [2.75, 3.05) is 5.43 Å². The molecule has 114 valence electrons. The molecule has 4 nitrogen and oxygen atoms in total. The topological polar surface area (TPSA) is 61.7 Å². The number of anilines is 1. The summed E-state index contributed by atoms with van der Waals surface area (Å²) in [5.74, 6) is -1.13. The van der Waals surface area contributed by atoms with Gasteiger partial charge in [0.2, 0.25) is 0 Å². The van der Waals surface area contributed by atoms with Gasteiger partial charge in [-0.15, -0.1) is 0 Å². The Hall–Kier alpha value is -2.83. The molecule has 7 heteroatoms. The summed E-state index contributed by atoms with van der Waals surface area (Å²) >= 11 is 0. The maximum absolute atomic E-state index is 12.6. The Morgan fingerprint density at radius 1 is 1.14 bits per heavy atom. The van der Waals surface area contributed by atoms with Gasteiger partial charge in [-0.3, -0.25) is 5.43 Å². The second-order valence-electron chi connectivity index (χ2n) is 4.34. The Labute approximate surface area is 123 Å². The van der Waals surface area contributed by atoms with Gasteiger partial charge in [-0.1, -0.05) is 24.3 Å². The quantitative estimate of drug-likeness (QED) is 0.666. The molecule has 0 atom stereocenters. The lowest BCUT2D eigenvalue weighted by atomic mass is 10.1. The molecule has 0 amide bonds. The van der Waals surface area contributed by atoms with Crippen LogP contribution in [-0.4, -0.2) is 17.3 Å². The number of carboxylic acid groups (broad SMARTS) is 1. The Morgan fingerprint density at radius 3 is 2.55 bits per heavy atom. The number of rotatable bonds is 4. The van der Waals surface area contributed by atoms with Gasteiger partial charge in [0.15, 0.2) is 0 Å². The fraction of sp³-hybridized carbons (Fsp3) is 0.0667. The van der Waals surface area contributed by atoms with Gasteiger partial charge in [-0.25, -0.2) is 4.79 Å². The third-order valence-electron chi connectivity index (χ3n) is 2.77. The van der Waals surface area contributed by atoms with Crippen LogP contribution in [0.25, 0.3) is 0 Å². The van der Waals surface area contributed by atoms with E-state index in [1.165, 1.54) is 30.5 Å². The summed E-state index contributed by atoms with van der Waals surface area (Å²) in [6, 6.07) is 10.7. The van der Waals surface area contributed by atoms with Crippen molar-refractivity contribution in [3.05, 3.63) is 65.2 Å². The van der Waals surface area contributed by atoms with Gasteiger partial charge in [-0.05, 0) is 29.8 Å². The van der Waals surface area contributed by atoms with Gasteiger partial charge in [-0.2, -0.15) is 18.3 Å². The Balaban J connectivity index is 2.16. The van der Waals surface area contributed by atoms with Crippen molar-refractivity contribution in [2.45, 2.75) is 6.18 Å². The summed E-state index contributed by atoms with van der Waals surface area (Å²) in [5.41, 5.74) is 2.24. The molecule has 0 spiro atoms. The van der Waals surface area contributed by atoms with Crippen molar-refractivity contribution in [2.24, 2.45) is 5.10 Å². The van der Waals surface area contributed by atoms with Crippen LogP contribution in [0, 0.1) is 0 Å². The lowest BCUT2D eigenvalue weighted by Gasteiger charge is -2.07. The molecule has 0 fully saturated rings. The zero-order valence-electron chi connectivity index (χ0n) is 11.1. The lowest BCUT2D eigenvalue weighted by molar-refractivity contribution is -0.137. The average molecular weight is 308 g/mol. The lowest BCUT2D eigenvalue weighted by Crippen LogP contribution is -2.05. The minimum Gasteiger partial charge on any atom is -0.478 e. The number of carbonyl (C=O) groups is 1. The molecule has 0 heterocycles. The highest BCUT2D eigenvalue weighted by Crippen LogP contribution is 2.29. The number of hydrogen-bond acceptors (Lipinski definition) is 3. The third kappa shape index (κ3) is 3.85. The molecule has 0 bridgehead atoms. The number of halogens is 3. The minimum atomic E-state index is -4.42. The van der Waals surface area contributed by atoms with Crippen molar-refractivity contribution >= 4 is 17.9 Å². The molecule has 0 radical (unpaired) electrons. The SMILES string of the molecule is O=C(O)c1ccccc1N/N=C\c1cccc(C(F)(F)F)c1. The molecule has 0 aromatic heterocycles. The summed E-state index contributed by atoms with van der Waals surface area (Å²) in [7, 11) is 0. The maximum atomic E-state index is 12.6. The van der Waals surface area contributed by atoms with E-state index >= 15 is 0 Å². The first kappa shape index (κ1) is 15.6. The molecule has 2 rings (SSSR count). The van der Waals surface area contributed by atoms with Crippen LogP contribution in [0.2, 0.25) is 0 Å². The molecular formula is C15H11F3N2O2. The summed E-state index contributed by atoms with van der Waals surface area (Å²) in [6.07, 6.45) is -3.24. The molecule has 2 aromatic rings. The van der Waals surface area contributed by atoms with Gasteiger partial charge in [0, 0.05) is 0 Å². The molecule has 0 aliphatic rings. The third-order valence-corrected chi connectivity index (χ3v) is 2.77. The highest BCUT2D eigenvalue weighted by Gasteiger charge is 2.30. The van der Waals surface area contributed by atoms with Gasteiger partial charge in [0.1, 0.15) is 0 Å². The summed E-state index contributed by atoms with van der Waals surface area (Å²) in [6.45, 7) is 0. The van der Waals surface area contributed by atoms with Crippen LogP contribution in [0.15, 0.2) is 53.6 Å². The number of carboxylic acids is 1. The molecule has 2 N–H and O–H groups in total. The van der Waals surface area contributed by atoms with Crippen molar-refractivity contribution in [1.82, 2.24) is 0 Å². The predicted octanol–water partition coefficient (Wildman–Crippen LogP) is 3.85. The zero-order chi connectivity index (χ0) is 16.2. The number of nitrogens with one attached hydrogen (secondary N) is 1. The van der Waals surface area contributed by atoms with Gasteiger partial charge in [0.25, 0.3) is 0 Å². The molecular weight excluding hydrogens is 297 g/mol. The Bertz CT molecular complexity index is 712. The number of aromatic carboxylic acids is 1. The zero-order valence-corrected chi connectivity index (χ0v) is 11.1. The summed E-state index contributed by atoms with van der Waals surface area (Å²) in [5, 5.41) is 12.8. The largest absolute Gasteiger partial charge is 0.478 e. The second-order valence-corrected chi connectivity index (χ2v) is 4.34. The predicted molar refractivity (Wildman–Crippen MR) is 76.1 cm³/mol. The number of hydrogen-bond donors (Lipinski definition) is 2. The number of nitrogens with zero attached hydrogens (tertiary/aromatic N) is 1. The van der Waals surface area contributed by atoms with Crippen LogP contribution in [0.3, 0.4) is 0 Å². The Kier molecular flexibility index (Phi) is 4.45. The molecule has 0 unspecified atom stereocenters. The molecule has 0 saturated heterocycles. The fourth-order valence-electron chi connectivity index (χ4n) is 1.74. The van der Waals surface area contributed by atoms with E-state index in [2.05, 4.69) is 10.5 Å². The molecule has 2 aromatic carbocycles. The van der Waals surface area contributed by atoms with Crippen LogP contribution in [0.5, 0.6) is 0 Å². The van der Waals surface area contributed by atoms with Crippen molar-refractivity contribution in [3.63, 3.8) is 0 Å². The van der Waals surface area contributed by atoms with Crippen LogP contribution in [0.4, 0.5) is 18.9 Å². The van der Waals surface area contributed by atoms with Crippen LogP contribution >= 0.6 is 0 Å². The maximum Gasteiger partial charge on any atom is 0.416 e. The van der Waals surface area contributed by atoms with E-state index in [1.807, 2.05) is 0 Å². The smallest absolute Gasteiger partial charge is 0.416 e. The van der Waals surface area contributed by atoms with Gasteiger partial charge in [0.05, 0.1) is 23.0 Å². The molecule has 22 heavy (non-hydrogen) atoms.